The van der Waals surface area contributed by atoms with Gasteiger partial charge in [-0.05, 0) is 56.1 Å². The number of benzene rings is 2. The number of rotatable bonds is 7. The van der Waals surface area contributed by atoms with Crippen LogP contribution in [0.25, 0.3) is 0 Å². The number of para-hydroxylation sites is 1. The maximum absolute atomic E-state index is 6.00. The van der Waals surface area contributed by atoms with Crippen LogP contribution in [0.4, 0.5) is 17.6 Å². The van der Waals surface area contributed by atoms with E-state index in [-0.39, 0.29) is 12.0 Å². The molecule has 8 heteroatoms. The summed E-state index contributed by atoms with van der Waals surface area (Å²) < 4.78 is 11.1. The largest absolute Gasteiger partial charge is 0.497 e. The summed E-state index contributed by atoms with van der Waals surface area (Å²) in [6.07, 6.45) is 2.11. The van der Waals surface area contributed by atoms with E-state index in [9.17, 15) is 0 Å². The lowest BCUT2D eigenvalue weighted by molar-refractivity contribution is 0.236. The average molecular weight is 421 g/mol. The van der Waals surface area contributed by atoms with Crippen LogP contribution in [-0.2, 0) is 6.54 Å². The molecule has 1 atom stereocenters. The highest BCUT2D eigenvalue weighted by molar-refractivity contribution is 5.58. The summed E-state index contributed by atoms with van der Waals surface area (Å²) in [6, 6.07) is 14.1. The van der Waals surface area contributed by atoms with Crippen molar-refractivity contribution >= 4 is 17.6 Å². The van der Waals surface area contributed by atoms with Crippen LogP contribution in [0.5, 0.6) is 11.5 Å². The first-order valence-electron chi connectivity index (χ1n) is 10.4. The van der Waals surface area contributed by atoms with Crippen LogP contribution in [0.1, 0.15) is 35.8 Å². The van der Waals surface area contributed by atoms with Crippen LogP contribution in [0, 0.1) is 6.92 Å². The monoisotopic (exact) mass is 420 g/mol. The molecule has 4 rings (SSSR count). The maximum atomic E-state index is 6.00. The molecule has 1 aromatic heterocycles. The molecule has 0 aliphatic carbocycles. The fourth-order valence-corrected chi connectivity index (χ4v) is 4.05. The third-order valence-electron chi connectivity index (χ3n) is 5.59. The second-order valence-corrected chi connectivity index (χ2v) is 7.61. The van der Waals surface area contributed by atoms with Crippen LogP contribution >= 0.6 is 0 Å². The van der Waals surface area contributed by atoms with Crippen molar-refractivity contribution in [2.24, 2.45) is 0 Å². The Labute approximate surface area is 182 Å². The van der Waals surface area contributed by atoms with E-state index in [4.69, 9.17) is 15.2 Å². The molecule has 8 nitrogen and oxygen atoms in total. The Balaban J connectivity index is 1.57. The van der Waals surface area contributed by atoms with E-state index in [0.29, 0.717) is 18.3 Å². The third-order valence-corrected chi connectivity index (χ3v) is 5.59. The van der Waals surface area contributed by atoms with Crippen LogP contribution < -0.4 is 20.5 Å². The first kappa shape index (κ1) is 20.9. The summed E-state index contributed by atoms with van der Waals surface area (Å²) in [5, 5.41) is 3.26. The first-order chi connectivity index (χ1) is 15.1. The second kappa shape index (κ2) is 9.18. The van der Waals surface area contributed by atoms with E-state index in [1.54, 1.807) is 14.2 Å². The number of nitrogens with two attached hydrogens (primary N) is 1. The highest BCUT2D eigenvalue weighted by atomic mass is 16.5. The van der Waals surface area contributed by atoms with E-state index in [0.717, 1.165) is 47.7 Å². The highest BCUT2D eigenvalue weighted by Gasteiger charge is 2.29. The number of nitrogen functional groups attached to an aromatic ring is 1. The minimum Gasteiger partial charge on any atom is -0.497 e. The van der Waals surface area contributed by atoms with Crippen molar-refractivity contribution < 1.29 is 9.47 Å². The standard InChI is InChI=1S/C23H28N6O2/c1-15-7-4-5-8-18(15)25-23-27-21(26-22(24)28-23)14-29-12-6-9-19(29)17-13-16(30-2)10-11-20(17)31-3/h4-5,7-8,10-11,13,19H,6,9,12,14H2,1-3H3,(H3,24,25,26,27,28)/t19-/m1/s1. The lowest BCUT2D eigenvalue weighted by atomic mass is 10.0. The van der Waals surface area contributed by atoms with Gasteiger partial charge in [0.05, 0.1) is 20.8 Å². The summed E-state index contributed by atoms with van der Waals surface area (Å²) in [7, 11) is 3.37. The van der Waals surface area contributed by atoms with E-state index in [1.165, 1.54) is 0 Å². The first-order valence-corrected chi connectivity index (χ1v) is 10.4. The van der Waals surface area contributed by atoms with Gasteiger partial charge in [0, 0.05) is 17.3 Å². The number of methoxy groups -OCH3 is 2. The normalized spacial score (nSPS) is 16.3. The van der Waals surface area contributed by atoms with Crippen molar-refractivity contribution in [3.63, 3.8) is 0 Å². The van der Waals surface area contributed by atoms with E-state index >= 15 is 0 Å². The van der Waals surface area contributed by atoms with Gasteiger partial charge in [-0.3, -0.25) is 4.90 Å². The molecular formula is C23H28N6O2. The van der Waals surface area contributed by atoms with Crippen molar-refractivity contribution in [3.05, 3.63) is 59.4 Å². The van der Waals surface area contributed by atoms with Crippen LogP contribution in [0.2, 0.25) is 0 Å². The molecule has 2 heterocycles. The zero-order valence-corrected chi connectivity index (χ0v) is 18.1. The topological polar surface area (TPSA) is 98.4 Å². The molecule has 1 aliphatic rings. The third kappa shape index (κ3) is 4.69. The molecule has 1 aliphatic heterocycles. The number of anilines is 3. The predicted octanol–water partition coefficient (Wildman–Crippen LogP) is 3.86. The summed E-state index contributed by atoms with van der Waals surface area (Å²) >= 11 is 0. The van der Waals surface area contributed by atoms with Gasteiger partial charge in [0.25, 0.3) is 0 Å². The molecule has 0 saturated carbocycles. The van der Waals surface area contributed by atoms with Crippen LogP contribution in [0.15, 0.2) is 42.5 Å². The van der Waals surface area contributed by atoms with Gasteiger partial charge in [-0.1, -0.05) is 18.2 Å². The highest BCUT2D eigenvalue weighted by Crippen LogP contribution is 2.39. The Morgan fingerprint density at radius 1 is 1.10 bits per heavy atom. The lowest BCUT2D eigenvalue weighted by Crippen LogP contribution is -2.25. The molecule has 3 aromatic rings. The van der Waals surface area contributed by atoms with Crippen molar-refractivity contribution in [2.45, 2.75) is 32.4 Å². The summed E-state index contributed by atoms with van der Waals surface area (Å²) in [6.45, 7) is 3.54. The van der Waals surface area contributed by atoms with Gasteiger partial charge >= 0.3 is 0 Å². The molecular weight excluding hydrogens is 392 g/mol. The van der Waals surface area contributed by atoms with Crippen molar-refractivity contribution in [2.75, 3.05) is 31.8 Å². The molecule has 0 bridgehead atoms. The minimum absolute atomic E-state index is 0.191. The molecule has 31 heavy (non-hydrogen) atoms. The van der Waals surface area contributed by atoms with Crippen LogP contribution in [-0.4, -0.2) is 40.6 Å². The zero-order chi connectivity index (χ0) is 21.8. The molecule has 1 saturated heterocycles. The van der Waals surface area contributed by atoms with Gasteiger partial charge in [-0.2, -0.15) is 15.0 Å². The fraction of sp³-hybridized carbons (Fsp3) is 0.348. The van der Waals surface area contributed by atoms with Gasteiger partial charge in [0.2, 0.25) is 11.9 Å². The van der Waals surface area contributed by atoms with E-state index < -0.39 is 0 Å². The molecule has 0 unspecified atom stereocenters. The second-order valence-electron chi connectivity index (χ2n) is 7.61. The summed E-state index contributed by atoms with van der Waals surface area (Å²) in [5.74, 6) is 2.96. The van der Waals surface area contributed by atoms with Gasteiger partial charge in [-0.15, -0.1) is 0 Å². The smallest absolute Gasteiger partial charge is 0.232 e. The number of aromatic nitrogens is 3. The van der Waals surface area contributed by atoms with Gasteiger partial charge in [-0.25, -0.2) is 0 Å². The number of ether oxygens (including phenoxy) is 2. The SMILES string of the molecule is COc1ccc(OC)c([C@H]2CCCN2Cc2nc(N)nc(Nc3ccccc3C)n2)c1. The summed E-state index contributed by atoms with van der Waals surface area (Å²) in [5.41, 5.74) is 9.16. The Bertz CT molecular complexity index is 1060. The van der Waals surface area contributed by atoms with Crippen molar-refractivity contribution in [1.29, 1.82) is 0 Å². The maximum Gasteiger partial charge on any atom is 0.232 e. The molecule has 0 amide bonds. The average Bonchev–Trinajstić information content (AvgIpc) is 3.22. The quantitative estimate of drug-likeness (QED) is 0.595. The molecule has 3 N–H and O–H groups in total. The Morgan fingerprint density at radius 2 is 1.94 bits per heavy atom. The van der Waals surface area contributed by atoms with Crippen LogP contribution in [0.3, 0.4) is 0 Å². The van der Waals surface area contributed by atoms with Gasteiger partial charge in [0.15, 0.2) is 0 Å². The van der Waals surface area contributed by atoms with Gasteiger partial charge in [0.1, 0.15) is 17.3 Å². The Morgan fingerprint density at radius 3 is 2.71 bits per heavy atom. The Kier molecular flexibility index (Phi) is 6.18. The molecule has 0 spiro atoms. The fourth-order valence-electron chi connectivity index (χ4n) is 4.05. The number of nitrogens with one attached hydrogen (secondary N) is 1. The Hall–Kier alpha value is -3.39. The van der Waals surface area contributed by atoms with Gasteiger partial charge < -0.3 is 20.5 Å². The number of nitrogens with zero attached hydrogens (tertiary/aromatic N) is 4. The number of hydrogen-bond acceptors (Lipinski definition) is 8. The van der Waals surface area contributed by atoms with Crippen molar-refractivity contribution in [3.8, 4) is 11.5 Å². The van der Waals surface area contributed by atoms with Crippen molar-refractivity contribution in [1.82, 2.24) is 19.9 Å². The summed E-state index contributed by atoms with van der Waals surface area (Å²) in [4.78, 5) is 15.6. The number of likely N-dealkylation sites (tertiary alicyclic amines) is 1. The lowest BCUT2D eigenvalue weighted by Gasteiger charge is -2.26. The van der Waals surface area contributed by atoms with E-state index in [1.807, 2.05) is 43.3 Å². The molecule has 1 fully saturated rings. The van der Waals surface area contributed by atoms with E-state index in [2.05, 4.69) is 31.2 Å². The predicted molar refractivity (Wildman–Crippen MR) is 121 cm³/mol. The minimum atomic E-state index is 0.191. The molecule has 0 radical (unpaired) electrons. The zero-order valence-electron chi connectivity index (χ0n) is 18.1. The number of aryl methyl sites for hydroxylation is 1. The molecule has 2 aromatic carbocycles. The number of hydrogen-bond donors (Lipinski definition) is 2. The molecule has 162 valence electrons.